The highest BCUT2D eigenvalue weighted by molar-refractivity contribution is 7.11. The molecule has 0 unspecified atom stereocenters. The number of carboxylic acid groups (broad SMARTS) is 1. The number of rotatable bonds is 3. The van der Waals surface area contributed by atoms with Crippen molar-refractivity contribution in [2.75, 3.05) is 6.61 Å². The molecule has 28 heavy (non-hydrogen) atoms. The van der Waals surface area contributed by atoms with Crippen molar-refractivity contribution in [3.63, 3.8) is 0 Å². The summed E-state index contributed by atoms with van der Waals surface area (Å²) in [5.74, 6) is 0.556. The summed E-state index contributed by atoms with van der Waals surface area (Å²) in [6.45, 7) is 2.30. The first-order chi connectivity index (χ1) is 13.6. The first-order valence-electron chi connectivity index (χ1n) is 8.55. The number of aryl methyl sites for hydroxylation is 1. The number of thiazole rings is 1. The fraction of sp³-hybridized carbons (Fsp3) is 0.200. The molecule has 1 aliphatic heterocycles. The van der Waals surface area contributed by atoms with Crippen molar-refractivity contribution in [3.8, 4) is 5.75 Å². The Morgan fingerprint density at radius 1 is 1.32 bits per heavy atom. The van der Waals surface area contributed by atoms with Crippen molar-refractivity contribution in [1.29, 1.82) is 0 Å². The molecule has 144 valence electrons. The fourth-order valence-electron chi connectivity index (χ4n) is 3.16. The molecule has 0 saturated heterocycles. The van der Waals surface area contributed by atoms with Crippen LogP contribution in [0.5, 0.6) is 5.75 Å². The highest BCUT2D eigenvalue weighted by Crippen LogP contribution is 2.40. The minimum absolute atomic E-state index is 0.151. The number of nitrogens with one attached hydrogen (secondary N) is 1. The van der Waals surface area contributed by atoms with Crippen LogP contribution >= 0.6 is 11.3 Å². The van der Waals surface area contributed by atoms with Crippen molar-refractivity contribution in [2.24, 2.45) is 0 Å². The lowest BCUT2D eigenvalue weighted by atomic mass is 9.81. The van der Waals surface area contributed by atoms with Crippen LogP contribution in [0.3, 0.4) is 0 Å². The van der Waals surface area contributed by atoms with Gasteiger partial charge in [-0.25, -0.2) is 0 Å². The average Bonchev–Trinajstić information content (AvgIpc) is 3.24. The monoisotopic (exact) mass is 397 g/mol. The number of hydrogen-bond acceptors (Lipinski definition) is 6. The number of ether oxygens (including phenoxy) is 1. The maximum absolute atomic E-state index is 12.8. The van der Waals surface area contributed by atoms with Gasteiger partial charge in [0.15, 0.2) is 0 Å². The largest absolute Gasteiger partial charge is 0.491 e. The first-order valence-corrected chi connectivity index (χ1v) is 9.43. The maximum Gasteiger partial charge on any atom is 0.290 e. The van der Waals surface area contributed by atoms with Crippen molar-refractivity contribution < 1.29 is 19.4 Å². The third-order valence-electron chi connectivity index (χ3n) is 4.44. The predicted molar refractivity (Wildman–Crippen MR) is 105 cm³/mol. The fourth-order valence-corrected chi connectivity index (χ4v) is 3.67. The summed E-state index contributed by atoms with van der Waals surface area (Å²) in [6, 6.07) is 11.9. The van der Waals surface area contributed by atoms with Gasteiger partial charge in [0, 0.05) is 12.6 Å². The van der Waals surface area contributed by atoms with Crippen LogP contribution < -0.4 is 10.1 Å². The van der Waals surface area contributed by atoms with Crippen LogP contribution in [0.1, 0.15) is 32.9 Å². The second-order valence-corrected chi connectivity index (χ2v) is 7.03. The second-order valence-electron chi connectivity index (χ2n) is 6.15. The quantitative estimate of drug-likeness (QED) is 0.659. The van der Waals surface area contributed by atoms with E-state index < -0.39 is 5.54 Å². The number of amides is 1. The van der Waals surface area contributed by atoms with Gasteiger partial charge in [0.1, 0.15) is 21.9 Å². The van der Waals surface area contributed by atoms with Gasteiger partial charge in [-0.15, -0.1) is 11.3 Å². The molecule has 2 aromatic heterocycles. The Morgan fingerprint density at radius 3 is 2.75 bits per heavy atom. The molecule has 0 fully saturated rings. The van der Waals surface area contributed by atoms with Gasteiger partial charge >= 0.3 is 0 Å². The Balaban J connectivity index is 0.000000706. The minimum Gasteiger partial charge on any atom is -0.491 e. The number of hydrogen-bond donors (Lipinski definition) is 2. The van der Waals surface area contributed by atoms with Crippen LogP contribution in [-0.4, -0.2) is 34.1 Å². The van der Waals surface area contributed by atoms with E-state index in [0.717, 1.165) is 11.3 Å². The number of pyridine rings is 1. The smallest absolute Gasteiger partial charge is 0.290 e. The molecule has 0 saturated carbocycles. The van der Waals surface area contributed by atoms with Gasteiger partial charge in [-0.05, 0) is 24.6 Å². The summed E-state index contributed by atoms with van der Waals surface area (Å²) in [4.78, 5) is 30.3. The molecule has 1 aliphatic rings. The second kappa shape index (κ2) is 8.62. The summed E-state index contributed by atoms with van der Waals surface area (Å²) >= 11 is 1.32. The van der Waals surface area contributed by atoms with Crippen molar-refractivity contribution in [2.45, 2.75) is 18.9 Å². The Bertz CT molecular complexity index is 944. The van der Waals surface area contributed by atoms with E-state index in [4.69, 9.17) is 14.6 Å². The van der Waals surface area contributed by atoms with E-state index in [0.29, 0.717) is 23.7 Å². The lowest BCUT2D eigenvalue weighted by Crippen LogP contribution is -2.50. The topological polar surface area (TPSA) is 101 Å². The molecule has 0 radical (unpaired) electrons. The van der Waals surface area contributed by atoms with Crippen LogP contribution in [0.4, 0.5) is 0 Å². The number of aromatic nitrogens is 2. The summed E-state index contributed by atoms with van der Waals surface area (Å²) in [6.07, 6.45) is 3.93. The molecule has 1 atom stereocenters. The molecule has 1 amide bonds. The summed E-state index contributed by atoms with van der Waals surface area (Å²) in [5, 5.41) is 10.1. The van der Waals surface area contributed by atoms with Crippen LogP contribution in [0.15, 0.2) is 54.3 Å². The Hall–Kier alpha value is -3.26. The average molecular weight is 397 g/mol. The van der Waals surface area contributed by atoms with E-state index >= 15 is 0 Å². The van der Waals surface area contributed by atoms with E-state index in [1.54, 1.807) is 17.9 Å². The Kier molecular flexibility index (Phi) is 6.00. The SMILES string of the molecule is Cc1ccc([C@@]2(NC(=O)c3cncs3)CCOc3cccnc32)cc1.O=CO. The number of carbonyl (C=O) groups excluding carboxylic acids is 1. The van der Waals surface area contributed by atoms with Gasteiger partial charge in [0.25, 0.3) is 12.4 Å². The zero-order valence-corrected chi connectivity index (χ0v) is 16.0. The van der Waals surface area contributed by atoms with E-state index in [1.807, 2.05) is 43.3 Å². The lowest BCUT2D eigenvalue weighted by molar-refractivity contribution is -0.122. The van der Waals surface area contributed by atoms with Gasteiger partial charge in [-0.2, -0.15) is 0 Å². The van der Waals surface area contributed by atoms with Gasteiger partial charge in [-0.3, -0.25) is 19.6 Å². The minimum atomic E-state index is -0.719. The highest BCUT2D eigenvalue weighted by Gasteiger charge is 2.42. The molecular formula is C20H19N3O4S. The number of benzene rings is 1. The number of fused-ring (bicyclic) bond motifs is 1. The predicted octanol–water partition coefficient (Wildman–Crippen LogP) is 3.00. The van der Waals surface area contributed by atoms with Gasteiger partial charge in [-0.1, -0.05) is 29.8 Å². The van der Waals surface area contributed by atoms with Crippen LogP contribution in [0.25, 0.3) is 0 Å². The van der Waals surface area contributed by atoms with Crippen molar-refractivity contribution in [3.05, 3.63) is 76.0 Å². The zero-order valence-electron chi connectivity index (χ0n) is 15.2. The molecule has 0 spiro atoms. The standard InChI is InChI=1S/C19H17N3O2S.CH2O2/c1-13-4-6-14(7-5-13)19(22-18(23)16-11-20-12-25-16)8-10-24-15-3-2-9-21-17(15)19;2-1-3/h2-7,9,11-12H,8,10H2,1H3,(H,22,23);1H,(H,2,3)/t19-;/m0./s1. The lowest BCUT2D eigenvalue weighted by Gasteiger charge is -2.38. The van der Waals surface area contributed by atoms with Crippen molar-refractivity contribution >= 4 is 23.7 Å². The molecule has 2 N–H and O–H groups in total. The number of nitrogens with zero attached hydrogens (tertiary/aromatic N) is 2. The third kappa shape index (κ3) is 3.86. The molecular weight excluding hydrogens is 378 g/mol. The summed E-state index contributed by atoms with van der Waals surface area (Å²) in [7, 11) is 0. The highest BCUT2D eigenvalue weighted by atomic mass is 32.1. The van der Waals surface area contributed by atoms with E-state index in [-0.39, 0.29) is 12.4 Å². The van der Waals surface area contributed by atoms with Gasteiger partial charge < -0.3 is 15.2 Å². The third-order valence-corrected chi connectivity index (χ3v) is 5.21. The normalized spacial score (nSPS) is 17.3. The summed E-state index contributed by atoms with van der Waals surface area (Å²) in [5.41, 5.74) is 3.84. The zero-order chi connectivity index (χ0) is 20.0. The molecule has 1 aromatic carbocycles. The van der Waals surface area contributed by atoms with E-state index in [2.05, 4.69) is 15.3 Å². The van der Waals surface area contributed by atoms with Gasteiger partial charge in [0.2, 0.25) is 0 Å². The van der Waals surface area contributed by atoms with Crippen LogP contribution in [0.2, 0.25) is 0 Å². The number of carbonyl (C=O) groups is 2. The van der Waals surface area contributed by atoms with Crippen LogP contribution in [-0.2, 0) is 10.3 Å². The first kappa shape index (κ1) is 19.5. The summed E-state index contributed by atoms with van der Waals surface area (Å²) < 4.78 is 5.77. The van der Waals surface area contributed by atoms with E-state index in [9.17, 15) is 4.79 Å². The van der Waals surface area contributed by atoms with E-state index in [1.165, 1.54) is 16.9 Å². The Labute approximate surface area is 166 Å². The molecule has 3 heterocycles. The molecule has 0 aliphatic carbocycles. The molecule has 3 aromatic rings. The Morgan fingerprint density at radius 2 is 2.07 bits per heavy atom. The molecule has 8 heteroatoms. The van der Waals surface area contributed by atoms with Crippen molar-refractivity contribution in [1.82, 2.24) is 15.3 Å². The maximum atomic E-state index is 12.8. The molecule has 4 rings (SSSR count). The van der Waals surface area contributed by atoms with Gasteiger partial charge in [0.05, 0.1) is 18.3 Å². The molecule has 0 bridgehead atoms. The van der Waals surface area contributed by atoms with Crippen LogP contribution in [0, 0.1) is 6.92 Å². The molecule has 7 nitrogen and oxygen atoms in total.